The zero-order valence-electron chi connectivity index (χ0n) is 6.92. The molecule has 0 bridgehead atoms. The van der Waals surface area contributed by atoms with Crippen molar-refractivity contribution in [1.82, 2.24) is 0 Å². The lowest BCUT2D eigenvalue weighted by Crippen LogP contribution is -2.12. The summed E-state index contributed by atoms with van der Waals surface area (Å²) in [5, 5.41) is 0. The van der Waals surface area contributed by atoms with Gasteiger partial charge < -0.3 is 4.89 Å². The van der Waals surface area contributed by atoms with Crippen molar-refractivity contribution in [3.63, 3.8) is 0 Å². The molecule has 0 amide bonds. The first-order valence-electron chi connectivity index (χ1n) is 4.32. The van der Waals surface area contributed by atoms with Gasteiger partial charge in [-0.3, -0.25) is 0 Å². The summed E-state index contributed by atoms with van der Waals surface area (Å²) in [5.41, 5.74) is 0. The summed E-state index contributed by atoms with van der Waals surface area (Å²) in [7, 11) is 0. The Morgan fingerprint density at radius 3 is 2.64 bits per heavy atom. The normalized spacial score (nSPS) is 19.6. The zero-order chi connectivity index (χ0) is 7.94. The Morgan fingerprint density at radius 1 is 1.27 bits per heavy atom. The van der Waals surface area contributed by atoms with E-state index in [0.29, 0.717) is 5.92 Å². The molecule has 0 radical (unpaired) electrons. The fraction of sp³-hybridized carbons (Fsp3) is 0.778. The van der Waals surface area contributed by atoms with Crippen molar-refractivity contribution < 1.29 is 9.78 Å². The molecule has 1 fully saturated rings. The van der Waals surface area contributed by atoms with Crippen LogP contribution in [0.3, 0.4) is 0 Å². The van der Waals surface area contributed by atoms with E-state index in [2.05, 4.69) is 11.5 Å². The Bertz CT molecular complexity index is 106. The summed E-state index contributed by atoms with van der Waals surface area (Å²) >= 11 is 0. The van der Waals surface area contributed by atoms with Gasteiger partial charge in [0.2, 0.25) is 0 Å². The summed E-state index contributed by atoms with van der Waals surface area (Å²) < 4.78 is 0. The van der Waals surface area contributed by atoms with E-state index in [1.165, 1.54) is 38.4 Å². The summed E-state index contributed by atoms with van der Waals surface area (Å²) in [6, 6.07) is 0. The average Bonchev–Trinajstić information content (AvgIpc) is 2.07. The monoisotopic (exact) mass is 156 g/mol. The van der Waals surface area contributed by atoms with Gasteiger partial charge >= 0.3 is 0 Å². The largest absolute Gasteiger partial charge is 0.346 e. The molecule has 0 aromatic carbocycles. The van der Waals surface area contributed by atoms with Crippen molar-refractivity contribution in [1.29, 1.82) is 0 Å². The number of hydrogen-bond donors (Lipinski definition) is 0. The first kappa shape index (κ1) is 8.60. The molecule has 0 aromatic heterocycles. The van der Waals surface area contributed by atoms with Crippen molar-refractivity contribution in [2.24, 2.45) is 5.92 Å². The van der Waals surface area contributed by atoms with Crippen molar-refractivity contribution in [3.05, 3.63) is 12.8 Å². The standard InChI is InChI=1S/C9H16O2/c1-2-10-11-8-9-6-4-3-5-7-9/h2,9H,1,3-8H2. The first-order chi connectivity index (χ1) is 5.43. The lowest BCUT2D eigenvalue weighted by atomic mass is 9.90. The van der Waals surface area contributed by atoms with Crippen LogP contribution in [-0.4, -0.2) is 6.61 Å². The zero-order valence-corrected chi connectivity index (χ0v) is 6.92. The third kappa shape index (κ3) is 3.42. The molecule has 2 nitrogen and oxygen atoms in total. The number of rotatable bonds is 4. The van der Waals surface area contributed by atoms with Crippen LogP contribution in [-0.2, 0) is 9.78 Å². The van der Waals surface area contributed by atoms with Crippen LogP contribution in [0.15, 0.2) is 12.8 Å². The van der Waals surface area contributed by atoms with Crippen LogP contribution in [0.2, 0.25) is 0 Å². The Hall–Kier alpha value is -0.500. The fourth-order valence-electron chi connectivity index (χ4n) is 1.54. The predicted octanol–water partition coefficient (Wildman–Crippen LogP) is 2.66. The second kappa shape index (κ2) is 5.19. The van der Waals surface area contributed by atoms with Crippen molar-refractivity contribution >= 4 is 0 Å². The van der Waals surface area contributed by atoms with Gasteiger partial charge in [-0.25, -0.2) is 0 Å². The van der Waals surface area contributed by atoms with E-state index in [1.807, 2.05) is 0 Å². The van der Waals surface area contributed by atoms with Crippen LogP contribution < -0.4 is 0 Å². The molecule has 0 heterocycles. The molecule has 0 spiro atoms. The van der Waals surface area contributed by atoms with E-state index in [0.717, 1.165) is 6.61 Å². The number of hydrogen-bond acceptors (Lipinski definition) is 2. The van der Waals surface area contributed by atoms with Crippen LogP contribution in [0.5, 0.6) is 0 Å². The van der Waals surface area contributed by atoms with E-state index in [9.17, 15) is 0 Å². The highest BCUT2D eigenvalue weighted by atomic mass is 17.2. The molecular formula is C9H16O2. The van der Waals surface area contributed by atoms with Gasteiger partial charge in [-0.1, -0.05) is 25.8 Å². The van der Waals surface area contributed by atoms with Crippen molar-refractivity contribution in [3.8, 4) is 0 Å². The van der Waals surface area contributed by atoms with Crippen LogP contribution in [0, 0.1) is 5.92 Å². The van der Waals surface area contributed by atoms with E-state index in [-0.39, 0.29) is 0 Å². The highest BCUT2D eigenvalue weighted by Gasteiger charge is 2.13. The minimum Gasteiger partial charge on any atom is -0.346 e. The summed E-state index contributed by atoms with van der Waals surface area (Å²) in [5.74, 6) is 0.712. The highest BCUT2D eigenvalue weighted by Crippen LogP contribution is 2.23. The smallest absolute Gasteiger partial charge is 0.122 e. The summed E-state index contributed by atoms with van der Waals surface area (Å²) in [4.78, 5) is 9.50. The van der Waals surface area contributed by atoms with Gasteiger partial charge in [0.15, 0.2) is 0 Å². The molecule has 0 saturated heterocycles. The van der Waals surface area contributed by atoms with Crippen LogP contribution in [0.4, 0.5) is 0 Å². The maximum atomic E-state index is 4.90. The molecule has 0 N–H and O–H groups in total. The minimum atomic E-state index is 0.712. The molecule has 64 valence electrons. The molecular weight excluding hydrogens is 140 g/mol. The Morgan fingerprint density at radius 2 is 2.00 bits per heavy atom. The van der Waals surface area contributed by atoms with E-state index in [1.54, 1.807) is 0 Å². The Labute approximate surface area is 68.1 Å². The second-order valence-electron chi connectivity index (χ2n) is 3.05. The lowest BCUT2D eigenvalue weighted by Gasteiger charge is -2.19. The topological polar surface area (TPSA) is 18.5 Å². The quantitative estimate of drug-likeness (QED) is 0.269. The van der Waals surface area contributed by atoms with Gasteiger partial charge in [-0.15, -0.1) is 0 Å². The van der Waals surface area contributed by atoms with Gasteiger partial charge in [0, 0.05) is 0 Å². The van der Waals surface area contributed by atoms with E-state index < -0.39 is 0 Å². The van der Waals surface area contributed by atoms with Crippen LogP contribution in [0.25, 0.3) is 0 Å². The maximum absolute atomic E-state index is 4.90. The molecule has 1 rings (SSSR count). The second-order valence-corrected chi connectivity index (χ2v) is 3.05. The molecule has 1 aliphatic carbocycles. The lowest BCUT2D eigenvalue weighted by molar-refractivity contribution is -0.257. The van der Waals surface area contributed by atoms with Gasteiger partial charge in [0.25, 0.3) is 0 Å². The summed E-state index contributed by atoms with van der Waals surface area (Å²) in [6.07, 6.45) is 7.99. The predicted molar refractivity (Wildman–Crippen MR) is 43.8 cm³/mol. The maximum Gasteiger partial charge on any atom is 0.122 e. The van der Waals surface area contributed by atoms with Crippen LogP contribution >= 0.6 is 0 Å². The van der Waals surface area contributed by atoms with Gasteiger partial charge in [0.1, 0.15) is 6.26 Å². The SMILES string of the molecule is C=COOCC1CCCCC1. The molecule has 11 heavy (non-hydrogen) atoms. The molecule has 1 saturated carbocycles. The minimum absolute atomic E-state index is 0.712. The fourth-order valence-corrected chi connectivity index (χ4v) is 1.54. The summed E-state index contributed by atoms with van der Waals surface area (Å²) in [6.45, 7) is 4.12. The van der Waals surface area contributed by atoms with E-state index in [4.69, 9.17) is 4.89 Å². The first-order valence-corrected chi connectivity index (χ1v) is 4.32. The molecule has 0 aromatic rings. The molecule has 1 aliphatic rings. The molecule has 0 unspecified atom stereocenters. The van der Waals surface area contributed by atoms with Crippen molar-refractivity contribution in [2.45, 2.75) is 32.1 Å². The van der Waals surface area contributed by atoms with Gasteiger partial charge in [-0.05, 0) is 18.8 Å². The van der Waals surface area contributed by atoms with Gasteiger partial charge in [0.05, 0.1) is 6.61 Å². The Kier molecular flexibility index (Phi) is 4.06. The van der Waals surface area contributed by atoms with Gasteiger partial charge in [-0.2, -0.15) is 4.89 Å². The molecule has 0 aliphatic heterocycles. The highest BCUT2D eigenvalue weighted by molar-refractivity contribution is 4.64. The third-order valence-corrected chi connectivity index (χ3v) is 2.16. The van der Waals surface area contributed by atoms with E-state index >= 15 is 0 Å². The average molecular weight is 156 g/mol. The molecule has 0 atom stereocenters. The van der Waals surface area contributed by atoms with Crippen LogP contribution in [0.1, 0.15) is 32.1 Å². The third-order valence-electron chi connectivity index (χ3n) is 2.16. The Balaban J connectivity index is 2.00. The molecule has 2 heteroatoms. The van der Waals surface area contributed by atoms with Crippen molar-refractivity contribution in [2.75, 3.05) is 6.61 Å².